The molecular weight excluding hydrogens is 216 g/mol. The van der Waals surface area contributed by atoms with E-state index < -0.39 is 0 Å². The highest BCUT2D eigenvalue weighted by atomic mass is 16.5. The summed E-state index contributed by atoms with van der Waals surface area (Å²) in [6.45, 7) is 1.40. The van der Waals surface area contributed by atoms with Crippen LogP contribution in [0.3, 0.4) is 0 Å². The Morgan fingerprint density at radius 2 is 2.41 bits per heavy atom. The monoisotopic (exact) mass is 234 g/mol. The van der Waals surface area contributed by atoms with Gasteiger partial charge in [0.15, 0.2) is 0 Å². The van der Waals surface area contributed by atoms with Gasteiger partial charge in [0.05, 0.1) is 19.1 Å². The van der Waals surface area contributed by atoms with Gasteiger partial charge in [0, 0.05) is 19.3 Å². The molecule has 1 aromatic carbocycles. The van der Waals surface area contributed by atoms with Crippen molar-refractivity contribution in [1.29, 1.82) is 0 Å². The van der Waals surface area contributed by atoms with E-state index in [4.69, 9.17) is 10.5 Å². The van der Waals surface area contributed by atoms with Crippen molar-refractivity contribution in [3.63, 3.8) is 0 Å². The third-order valence-electron chi connectivity index (χ3n) is 3.15. The number of benzene rings is 1. The number of carbonyl (C=O) groups excluding carboxylic acids is 1. The summed E-state index contributed by atoms with van der Waals surface area (Å²) in [4.78, 5) is 13.8. The fourth-order valence-corrected chi connectivity index (χ4v) is 2.03. The zero-order valence-corrected chi connectivity index (χ0v) is 10.1. The lowest BCUT2D eigenvalue weighted by Gasteiger charge is -2.23. The molecule has 4 heteroatoms. The molecule has 92 valence electrons. The van der Waals surface area contributed by atoms with E-state index in [9.17, 15) is 4.79 Å². The Morgan fingerprint density at radius 3 is 3.06 bits per heavy atom. The van der Waals surface area contributed by atoms with Crippen molar-refractivity contribution in [2.45, 2.75) is 18.9 Å². The standard InChI is InChI=1S/C13H18N2O2/c1-15(12-5-6-17-9-12)13(16)8-10-3-2-4-11(14)7-10/h2-4,7,12H,5-6,8-9,14H2,1H3. The first-order valence-corrected chi connectivity index (χ1v) is 5.84. The van der Waals surface area contributed by atoms with Gasteiger partial charge in [0.1, 0.15) is 0 Å². The number of hydrogen-bond acceptors (Lipinski definition) is 3. The minimum absolute atomic E-state index is 0.117. The summed E-state index contributed by atoms with van der Waals surface area (Å²) in [5.74, 6) is 0.117. The van der Waals surface area contributed by atoms with Gasteiger partial charge in [0.25, 0.3) is 0 Å². The molecule has 17 heavy (non-hydrogen) atoms. The second kappa shape index (κ2) is 5.19. The van der Waals surface area contributed by atoms with Gasteiger partial charge in [-0.25, -0.2) is 0 Å². The maximum atomic E-state index is 12.0. The number of hydrogen-bond donors (Lipinski definition) is 1. The summed E-state index contributed by atoms with van der Waals surface area (Å²) in [5, 5.41) is 0. The molecule has 1 atom stereocenters. The smallest absolute Gasteiger partial charge is 0.227 e. The van der Waals surface area contributed by atoms with Crippen molar-refractivity contribution in [3.8, 4) is 0 Å². The molecular formula is C13H18N2O2. The van der Waals surface area contributed by atoms with E-state index in [0.717, 1.165) is 18.6 Å². The third kappa shape index (κ3) is 2.97. The lowest BCUT2D eigenvalue weighted by atomic mass is 10.1. The summed E-state index contributed by atoms with van der Waals surface area (Å²) in [6, 6.07) is 7.69. The number of nitrogen functional groups attached to an aromatic ring is 1. The topological polar surface area (TPSA) is 55.6 Å². The Balaban J connectivity index is 1.96. The fourth-order valence-electron chi connectivity index (χ4n) is 2.03. The van der Waals surface area contributed by atoms with E-state index in [2.05, 4.69) is 0 Å². The number of carbonyl (C=O) groups is 1. The average Bonchev–Trinajstić information content (AvgIpc) is 2.81. The highest BCUT2D eigenvalue weighted by Gasteiger charge is 2.23. The van der Waals surface area contributed by atoms with E-state index >= 15 is 0 Å². The van der Waals surface area contributed by atoms with Crippen molar-refractivity contribution in [3.05, 3.63) is 29.8 Å². The highest BCUT2D eigenvalue weighted by molar-refractivity contribution is 5.79. The number of ether oxygens (including phenoxy) is 1. The van der Waals surface area contributed by atoms with Crippen LogP contribution in [0.2, 0.25) is 0 Å². The largest absolute Gasteiger partial charge is 0.399 e. The first-order valence-electron chi connectivity index (χ1n) is 5.84. The van der Waals surface area contributed by atoms with Gasteiger partial charge in [-0.1, -0.05) is 12.1 Å². The van der Waals surface area contributed by atoms with Crippen LogP contribution in [0.25, 0.3) is 0 Å². The second-order valence-electron chi connectivity index (χ2n) is 4.44. The molecule has 0 aliphatic carbocycles. The number of amides is 1. The molecule has 4 nitrogen and oxygen atoms in total. The van der Waals surface area contributed by atoms with E-state index in [0.29, 0.717) is 18.7 Å². The van der Waals surface area contributed by atoms with Gasteiger partial charge in [-0.2, -0.15) is 0 Å². The molecule has 2 rings (SSSR count). The Hall–Kier alpha value is -1.55. The van der Waals surface area contributed by atoms with E-state index in [1.54, 1.807) is 4.90 Å². The van der Waals surface area contributed by atoms with Crippen molar-refractivity contribution in [2.75, 3.05) is 26.0 Å². The number of rotatable bonds is 3. The zero-order chi connectivity index (χ0) is 12.3. The zero-order valence-electron chi connectivity index (χ0n) is 10.1. The van der Waals surface area contributed by atoms with Gasteiger partial charge >= 0.3 is 0 Å². The predicted molar refractivity (Wildman–Crippen MR) is 66.6 cm³/mol. The van der Waals surface area contributed by atoms with Crippen LogP contribution >= 0.6 is 0 Å². The average molecular weight is 234 g/mol. The van der Waals surface area contributed by atoms with Crippen molar-refractivity contribution in [1.82, 2.24) is 4.90 Å². The molecule has 1 heterocycles. The Kier molecular flexibility index (Phi) is 3.64. The molecule has 1 saturated heterocycles. The summed E-state index contributed by atoms with van der Waals surface area (Å²) in [7, 11) is 1.84. The minimum atomic E-state index is 0.117. The number of likely N-dealkylation sites (N-methyl/N-ethyl adjacent to an activating group) is 1. The lowest BCUT2D eigenvalue weighted by molar-refractivity contribution is -0.131. The summed E-state index contributed by atoms with van der Waals surface area (Å²) in [5.41, 5.74) is 7.34. The molecule has 1 unspecified atom stereocenters. The Morgan fingerprint density at radius 1 is 1.59 bits per heavy atom. The van der Waals surface area contributed by atoms with Crippen LogP contribution in [0, 0.1) is 0 Å². The van der Waals surface area contributed by atoms with Gasteiger partial charge in [-0.3, -0.25) is 4.79 Å². The quantitative estimate of drug-likeness (QED) is 0.796. The van der Waals surface area contributed by atoms with Crippen LogP contribution in [0.5, 0.6) is 0 Å². The van der Waals surface area contributed by atoms with Crippen LogP contribution in [0.4, 0.5) is 5.69 Å². The number of nitrogens with two attached hydrogens (primary N) is 1. The number of anilines is 1. The molecule has 1 fully saturated rings. The Bertz CT molecular complexity index is 400. The van der Waals surface area contributed by atoms with Crippen molar-refractivity contribution < 1.29 is 9.53 Å². The van der Waals surface area contributed by atoms with E-state index in [1.807, 2.05) is 31.3 Å². The van der Waals surface area contributed by atoms with Crippen molar-refractivity contribution in [2.24, 2.45) is 0 Å². The molecule has 1 aliphatic rings. The van der Waals surface area contributed by atoms with E-state index in [1.165, 1.54) is 0 Å². The predicted octanol–water partition coefficient (Wildman–Crippen LogP) is 1.06. The molecule has 0 radical (unpaired) electrons. The molecule has 1 amide bonds. The van der Waals surface area contributed by atoms with Gasteiger partial charge < -0.3 is 15.4 Å². The van der Waals surface area contributed by atoms with Crippen LogP contribution < -0.4 is 5.73 Å². The lowest BCUT2D eigenvalue weighted by Crippen LogP contribution is -2.38. The second-order valence-corrected chi connectivity index (χ2v) is 4.44. The molecule has 0 spiro atoms. The van der Waals surface area contributed by atoms with E-state index in [-0.39, 0.29) is 11.9 Å². The first kappa shape index (κ1) is 11.9. The van der Waals surface area contributed by atoms with Crippen molar-refractivity contribution >= 4 is 11.6 Å². The number of nitrogens with zero attached hydrogens (tertiary/aromatic N) is 1. The maximum absolute atomic E-state index is 12.0. The van der Waals surface area contributed by atoms with Crippen LogP contribution in [-0.4, -0.2) is 37.1 Å². The van der Waals surface area contributed by atoms with Gasteiger partial charge in [-0.15, -0.1) is 0 Å². The summed E-state index contributed by atoms with van der Waals surface area (Å²) >= 11 is 0. The molecule has 1 aliphatic heterocycles. The fraction of sp³-hybridized carbons (Fsp3) is 0.462. The maximum Gasteiger partial charge on any atom is 0.227 e. The van der Waals surface area contributed by atoms with Crippen LogP contribution in [0.15, 0.2) is 24.3 Å². The van der Waals surface area contributed by atoms with Crippen LogP contribution in [-0.2, 0) is 16.0 Å². The van der Waals surface area contributed by atoms with Crippen LogP contribution in [0.1, 0.15) is 12.0 Å². The molecule has 2 N–H and O–H groups in total. The summed E-state index contributed by atoms with van der Waals surface area (Å²) in [6.07, 6.45) is 1.33. The molecule has 1 aromatic rings. The normalized spacial score (nSPS) is 19.2. The SMILES string of the molecule is CN(C(=O)Cc1cccc(N)c1)C1CCOC1. The first-order chi connectivity index (χ1) is 8.16. The minimum Gasteiger partial charge on any atom is -0.399 e. The highest BCUT2D eigenvalue weighted by Crippen LogP contribution is 2.13. The summed E-state index contributed by atoms with van der Waals surface area (Å²) < 4.78 is 5.28. The Labute approximate surface area is 101 Å². The molecule has 0 bridgehead atoms. The third-order valence-corrected chi connectivity index (χ3v) is 3.15. The van der Waals surface area contributed by atoms with Gasteiger partial charge in [0.2, 0.25) is 5.91 Å². The van der Waals surface area contributed by atoms with Gasteiger partial charge in [-0.05, 0) is 24.1 Å². The molecule has 0 aromatic heterocycles. The molecule has 0 saturated carbocycles.